The van der Waals surface area contributed by atoms with Gasteiger partial charge in [-0.3, -0.25) is 14.6 Å². The number of anilines is 1. The van der Waals surface area contributed by atoms with E-state index in [0.29, 0.717) is 17.8 Å². The normalized spacial score (nSPS) is 36.1. The van der Waals surface area contributed by atoms with Crippen molar-refractivity contribution in [3.05, 3.63) is 30.1 Å². The van der Waals surface area contributed by atoms with Crippen LogP contribution in [0.2, 0.25) is 0 Å². The van der Waals surface area contributed by atoms with Crippen LogP contribution in [0.15, 0.2) is 24.3 Å². The maximum Gasteiger partial charge on any atom is 0.238 e. The minimum Gasteiger partial charge on any atom is -0.325 e. The first kappa shape index (κ1) is 17.6. The van der Waals surface area contributed by atoms with Crippen molar-refractivity contribution >= 4 is 11.6 Å². The Morgan fingerprint density at radius 3 is 2.07 bits per heavy atom. The van der Waals surface area contributed by atoms with E-state index in [1.807, 2.05) is 0 Å². The molecule has 0 atom stereocenters. The Kier molecular flexibility index (Phi) is 4.47. The lowest BCUT2D eigenvalue weighted by molar-refractivity contribution is -0.120. The molecule has 5 heteroatoms. The average molecular weight is 372 g/mol. The summed E-state index contributed by atoms with van der Waals surface area (Å²) in [6.45, 7) is 4.55. The molecule has 0 radical (unpaired) electrons. The Labute approximate surface area is 161 Å². The largest absolute Gasteiger partial charge is 0.325 e. The third-order valence-electron chi connectivity index (χ3n) is 7.54. The van der Waals surface area contributed by atoms with Crippen LogP contribution in [0.25, 0.3) is 0 Å². The maximum atomic E-state index is 13.0. The molecule has 1 aromatic carbocycles. The molecule has 6 rings (SSSR count). The van der Waals surface area contributed by atoms with Crippen LogP contribution in [0, 0.1) is 23.6 Å². The molecule has 4 bridgehead atoms. The van der Waals surface area contributed by atoms with Gasteiger partial charge in [0.2, 0.25) is 5.91 Å². The number of amides is 1. The summed E-state index contributed by atoms with van der Waals surface area (Å²) in [6.07, 6.45) is 8.73. The molecule has 4 saturated carbocycles. The molecule has 1 N–H and O–H groups in total. The van der Waals surface area contributed by atoms with Crippen LogP contribution in [0.4, 0.5) is 10.1 Å². The Bertz CT molecular complexity index is 661. The number of carbonyl (C=O) groups excluding carboxylic acids is 1. The van der Waals surface area contributed by atoms with Crippen LogP contribution in [0.5, 0.6) is 0 Å². The number of nitrogens with zero attached hydrogens (tertiary/aromatic N) is 2. The molecule has 0 spiro atoms. The highest BCUT2D eigenvalue weighted by molar-refractivity contribution is 5.92. The molecule has 1 heterocycles. The second kappa shape index (κ2) is 6.85. The van der Waals surface area contributed by atoms with E-state index in [9.17, 15) is 9.18 Å². The molecule has 1 saturated heterocycles. The van der Waals surface area contributed by atoms with Crippen LogP contribution in [0.1, 0.15) is 38.5 Å². The van der Waals surface area contributed by atoms with Crippen molar-refractivity contribution in [2.75, 3.05) is 38.0 Å². The molecule has 4 nitrogen and oxygen atoms in total. The van der Waals surface area contributed by atoms with Gasteiger partial charge in [0, 0.05) is 37.4 Å². The summed E-state index contributed by atoms with van der Waals surface area (Å²) < 4.78 is 13.0. The van der Waals surface area contributed by atoms with Gasteiger partial charge in [-0.1, -0.05) is 0 Å². The van der Waals surface area contributed by atoms with Crippen LogP contribution in [-0.2, 0) is 4.79 Å². The number of benzene rings is 1. The summed E-state index contributed by atoms with van der Waals surface area (Å²) in [5.74, 6) is 2.65. The Morgan fingerprint density at radius 2 is 1.52 bits per heavy atom. The highest BCUT2D eigenvalue weighted by atomic mass is 19.1. The van der Waals surface area contributed by atoms with E-state index in [1.54, 1.807) is 12.1 Å². The van der Waals surface area contributed by atoms with Crippen LogP contribution >= 0.6 is 0 Å². The van der Waals surface area contributed by atoms with Gasteiger partial charge < -0.3 is 5.32 Å². The number of nitrogens with one attached hydrogen (secondary N) is 1. The highest BCUT2D eigenvalue weighted by Gasteiger charge is 2.53. The fraction of sp³-hybridized carbons (Fsp3) is 0.682. The van der Waals surface area contributed by atoms with Gasteiger partial charge in [0.15, 0.2) is 0 Å². The van der Waals surface area contributed by atoms with Gasteiger partial charge in [-0.05, 0) is 80.5 Å². The SMILES string of the molecule is O=C(CN1CCN(C23CC4CC(CC(C4)C2)C3)CC1)Nc1ccc(F)cc1. The van der Waals surface area contributed by atoms with Crippen LogP contribution in [-0.4, -0.2) is 54.0 Å². The van der Waals surface area contributed by atoms with Crippen molar-refractivity contribution in [1.82, 2.24) is 9.80 Å². The molecule has 0 aromatic heterocycles. The first-order chi connectivity index (χ1) is 13.1. The van der Waals surface area contributed by atoms with Crippen molar-refractivity contribution in [1.29, 1.82) is 0 Å². The van der Waals surface area contributed by atoms with Crippen LogP contribution < -0.4 is 5.32 Å². The van der Waals surface area contributed by atoms with Gasteiger partial charge in [0.1, 0.15) is 5.82 Å². The molecule has 1 aromatic rings. The monoisotopic (exact) mass is 371 g/mol. The number of piperazine rings is 1. The number of rotatable bonds is 4. The second-order valence-corrected chi connectivity index (χ2v) is 9.46. The number of halogens is 1. The molecule has 146 valence electrons. The smallest absolute Gasteiger partial charge is 0.238 e. The summed E-state index contributed by atoms with van der Waals surface area (Å²) in [7, 11) is 0. The molecule has 5 aliphatic rings. The quantitative estimate of drug-likeness (QED) is 0.882. The van der Waals surface area contributed by atoms with Gasteiger partial charge in [-0.25, -0.2) is 4.39 Å². The van der Waals surface area contributed by atoms with Crippen LogP contribution in [0.3, 0.4) is 0 Å². The van der Waals surface area contributed by atoms with Gasteiger partial charge in [-0.15, -0.1) is 0 Å². The molecular formula is C22H30FN3O. The molecule has 27 heavy (non-hydrogen) atoms. The first-order valence-electron chi connectivity index (χ1n) is 10.6. The Morgan fingerprint density at radius 1 is 0.963 bits per heavy atom. The minimum absolute atomic E-state index is 0.00939. The molecule has 4 aliphatic carbocycles. The summed E-state index contributed by atoms with van der Waals surface area (Å²) in [5, 5.41) is 2.88. The summed E-state index contributed by atoms with van der Waals surface area (Å²) >= 11 is 0. The van der Waals surface area contributed by atoms with Crippen molar-refractivity contribution in [2.45, 2.75) is 44.1 Å². The average Bonchev–Trinajstić information content (AvgIpc) is 2.63. The summed E-state index contributed by atoms with van der Waals surface area (Å²) in [6, 6.07) is 5.97. The van der Waals surface area contributed by atoms with E-state index in [2.05, 4.69) is 15.1 Å². The maximum absolute atomic E-state index is 13.0. The van der Waals surface area contributed by atoms with Gasteiger partial charge >= 0.3 is 0 Å². The van der Waals surface area contributed by atoms with Crippen molar-refractivity contribution < 1.29 is 9.18 Å². The summed E-state index contributed by atoms with van der Waals surface area (Å²) in [5.41, 5.74) is 1.14. The van der Waals surface area contributed by atoms with E-state index in [-0.39, 0.29) is 11.7 Å². The zero-order valence-electron chi connectivity index (χ0n) is 16.0. The Hall–Kier alpha value is -1.46. The van der Waals surface area contributed by atoms with E-state index >= 15 is 0 Å². The highest BCUT2D eigenvalue weighted by Crippen LogP contribution is 2.57. The molecular weight excluding hydrogens is 341 g/mol. The van der Waals surface area contributed by atoms with Gasteiger partial charge in [-0.2, -0.15) is 0 Å². The zero-order chi connectivity index (χ0) is 18.4. The summed E-state index contributed by atoms with van der Waals surface area (Å²) in [4.78, 5) is 17.4. The fourth-order valence-electron chi connectivity index (χ4n) is 6.77. The predicted octanol–water partition coefficient (Wildman–Crippen LogP) is 3.35. The minimum atomic E-state index is -0.284. The third kappa shape index (κ3) is 3.52. The lowest BCUT2D eigenvalue weighted by Gasteiger charge is -2.61. The van der Waals surface area contributed by atoms with Crippen molar-refractivity contribution in [2.24, 2.45) is 17.8 Å². The van der Waals surface area contributed by atoms with E-state index in [4.69, 9.17) is 0 Å². The van der Waals surface area contributed by atoms with Crippen molar-refractivity contribution in [3.8, 4) is 0 Å². The topological polar surface area (TPSA) is 35.6 Å². The number of hydrogen-bond acceptors (Lipinski definition) is 3. The lowest BCUT2D eigenvalue weighted by Crippen LogP contribution is -2.64. The zero-order valence-corrected chi connectivity index (χ0v) is 16.0. The van der Waals surface area contributed by atoms with Gasteiger partial charge in [0.05, 0.1) is 6.54 Å². The molecule has 5 fully saturated rings. The predicted molar refractivity (Wildman–Crippen MR) is 104 cm³/mol. The van der Waals surface area contributed by atoms with E-state index in [1.165, 1.54) is 50.7 Å². The second-order valence-electron chi connectivity index (χ2n) is 9.46. The van der Waals surface area contributed by atoms with Gasteiger partial charge in [0.25, 0.3) is 0 Å². The lowest BCUT2D eigenvalue weighted by atomic mass is 9.52. The van der Waals surface area contributed by atoms with E-state index in [0.717, 1.165) is 43.9 Å². The van der Waals surface area contributed by atoms with E-state index < -0.39 is 0 Å². The number of hydrogen-bond donors (Lipinski definition) is 1. The first-order valence-corrected chi connectivity index (χ1v) is 10.6. The number of carbonyl (C=O) groups is 1. The standard InChI is InChI=1S/C22H30FN3O/c23-19-1-3-20(4-2-19)24-21(27)15-25-5-7-26(8-6-25)22-12-16-9-17(13-22)11-18(10-16)14-22/h1-4,16-18H,5-15H2,(H,24,27). The molecule has 0 unspecified atom stereocenters. The van der Waals surface area contributed by atoms with Crippen molar-refractivity contribution in [3.63, 3.8) is 0 Å². The molecule has 1 amide bonds. The third-order valence-corrected chi connectivity index (χ3v) is 7.54. The fourth-order valence-corrected chi connectivity index (χ4v) is 6.77. The Balaban J connectivity index is 1.14. The molecule has 1 aliphatic heterocycles.